The first-order chi connectivity index (χ1) is 11.4. The number of anilines is 1. The number of halogens is 1. The second-order valence-electron chi connectivity index (χ2n) is 6.20. The van der Waals surface area contributed by atoms with Crippen LogP contribution >= 0.6 is 0 Å². The summed E-state index contributed by atoms with van der Waals surface area (Å²) in [6.45, 7) is 5.52. The number of hydrogen-bond donors (Lipinski definition) is 0. The highest BCUT2D eigenvalue weighted by Gasteiger charge is 2.32. The summed E-state index contributed by atoms with van der Waals surface area (Å²) in [5.74, 6) is -0.438. The van der Waals surface area contributed by atoms with Crippen LogP contribution in [0.2, 0.25) is 0 Å². The summed E-state index contributed by atoms with van der Waals surface area (Å²) in [4.78, 5) is 2.36. The molecule has 0 radical (unpaired) electrons. The second kappa shape index (κ2) is 6.53. The zero-order valence-electron chi connectivity index (χ0n) is 13.8. The van der Waals surface area contributed by atoms with Crippen molar-refractivity contribution in [1.29, 1.82) is 0 Å². The molecule has 1 atom stereocenters. The normalized spacial score (nSPS) is 19.5. The third-order valence-electron chi connectivity index (χ3n) is 4.37. The molecule has 1 fully saturated rings. The van der Waals surface area contributed by atoms with Crippen molar-refractivity contribution in [2.75, 3.05) is 24.5 Å². The number of hydrogen-bond acceptors (Lipinski definition) is 3. The van der Waals surface area contributed by atoms with Crippen molar-refractivity contribution in [3.63, 3.8) is 0 Å². The van der Waals surface area contributed by atoms with Gasteiger partial charge in [0.2, 0.25) is 10.0 Å². The molecule has 1 saturated heterocycles. The average Bonchev–Trinajstić information content (AvgIpc) is 2.55. The molecule has 4 nitrogen and oxygen atoms in total. The Kier molecular flexibility index (Phi) is 4.60. The van der Waals surface area contributed by atoms with Crippen molar-refractivity contribution < 1.29 is 12.8 Å². The molecule has 0 spiro atoms. The molecule has 2 aromatic rings. The fourth-order valence-corrected chi connectivity index (χ4v) is 4.60. The van der Waals surface area contributed by atoms with Crippen LogP contribution in [0.3, 0.4) is 0 Å². The maximum absolute atomic E-state index is 13.0. The first kappa shape index (κ1) is 16.9. The summed E-state index contributed by atoms with van der Waals surface area (Å²) in [6.07, 6.45) is 0. The van der Waals surface area contributed by atoms with Crippen LogP contribution in [0, 0.1) is 12.7 Å². The summed E-state index contributed by atoms with van der Waals surface area (Å²) in [7, 11) is -3.59. The Hall–Kier alpha value is -1.92. The molecule has 24 heavy (non-hydrogen) atoms. The smallest absolute Gasteiger partial charge is 0.243 e. The lowest BCUT2D eigenvalue weighted by Crippen LogP contribution is -2.53. The minimum atomic E-state index is -3.59. The van der Waals surface area contributed by atoms with Crippen molar-refractivity contribution in [2.45, 2.75) is 24.8 Å². The van der Waals surface area contributed by atoms with Crippen LogP contribution in [0.1, 0.15) is 12.5 Å². The first-order valence-corrected chi connectivity index (χ1v) is 9.41. The zero-order valence-corrected chi connectivity index (χ0v) is 14.6. The van der Waals surface area contributed by atoms with Crippen molar-refractivity contribution in [1.82, 2.24) is 4.31 Å². The highest BCUT2D eigenvalue weighted by Crippen LogP contribution is 2.25. The lowest BCUT2D eigenvalue weighted by atomic mass is 10.1. The maximum Gasteiger partial charge on any atom is 0.243 e. The molecule has 128 valence electrons. The largest absolute Gasteiger partial charge is 0.366 e. The van der Waals surface area contributed by atoms with E-state index in [4.69, 9.17) is 0 Å². The van der Waals surface area contributed by atoms with Gasteiger partial charge in [0.05, 0.1) is 4.90 Å². The fraction of sp³-hybridized carbons (Fsp3) is 0.333. The Labute approximate surface area is 142 Å². The van der Waals surface area contributed by atoms with Gasteiger partial charge in [0, 0.05) is 31.4 Å². The Morgan fingerprint density at radius 2 is 1.79 bits per heavy atom. The molecule has 3 rings (SSSR count). The van der Waals surface area contributed by atoms with Crippen LogP contribution in [-0.2, 0) is 10.0 Å². The van der Waals surface area contributed by atoms with Gasteiger partial charge in [0.25, 0.3) is 0 Å². The van der Waals surface area contributed by atoms with E-state index in [-0.39, 0.29) is 10.9 Å². The van der Waals surface area contributed by atoms with E-state index in [1.807, 2.05) is 32.0 Å². The molecule has 6 heteroatoms. The monoisotopic (exact) mass is 348 g/mol. The van der Waals surface area contributed by atoms with Gasteiger partial charge in [-0.2, -0.15) is 4.31 Å². The van der Waals surface area contributed by atoms with Crippen molar-refractivity contribution >= 4 is 15.7 Å². The summed E-state index contributed by atoms with van der Waals surface area (Å²) in [5, 5.41) is 0. The Balaban J connectivity index is 1.79. The van der Waals surface area contributed by atoms with Gasteiger partial charge >= 0.3 is 0 Å². The first-order valence-electron chi connectivity index (χ1n) is 7.97. The summed E-state index contributed by atoms with van der Waals surface area (Å²) >= 11 is 0. The van der Waals surface area contributed by atoms with Gasteiger partial charge in [0.15, 0.2) is 0 Å². The number of piperazine rings is 1. The van der Waals surface area contributed by atoms with Crippen LogP contribution in [0.25, 0.3) is 0 Å². The van der Waals surface area contributed by atoms with Gasteiger partial charge in [-0.15, -0.1) is 0 Å². The van der Waals surface area contributed by atoms with E-state index in [9.17, 15) is 12.8 Å². The predicted octanol–water partition coefficient (Wildman–Crippen LogP) is 3.03. The summed E-state index contributed by atoms with van der Waals surface area (Å²) in [5.41, 5.74) is 2.29. The average molecular weight is 348 g/mol. The number of nitrogens with zero attached hydrogens (tertiary/aromatic N) is 2. The van der Waals surface area contributed by atoms with Crippen LogP contribution in [0.4, 0.5) is 10.1 Å². The topological polar surface area (TPSA) is 40.6 Å². The van der Waals surface area contributed by atoms with E-state index >= 15 is 0 Å². The van der Waals surface area contributed by atoms with Crippen molar-refractivity contribution in [3.05, 3.63) is 59.9 Å². The number of sulfonamides is 1. The third-order valence-corrected chi connectivity index (χ3v) is 6.25. The summed E-state index contributed by atoms with van der Waals surface area (Å²) < 4.78 is 40.0. The molecule has 1 unspecified atom stereocenters. The molecule has 0 aliphatic carbocycles. The molecule has 0 N–H and O–H groups in total. The highest BCUT2D eigenvalue weighted by atomic mass is 32.2. The molecule has 1 aliphatic heterocycles. The Morgan fingerprint density at radius 1 is 1.08 bits per heavy atom. The molecule has 0 amide bonds. The van der Waals surface area contributed by atoms with Gasteiger partial charge in [-0.25, -0.2) is 12.8 Å². The molecule has 0 aromatic heterocycles. The number of benzene rings is 2. The lowest BCUT2D eigenvalue weighted by molar-refractivity contribution is 0.342. The van der Waals surface area contributed by atoms with Gasteiger partial charge < -0.3 is 4.90 Å². The fourth-order valence-electron chi connectivity index (χ4n) is 3.09. The van der Waals surface area contributed by atoms with Gasteiger partial charge in [-0.05, 0) is 55.8 Å². The molecule has 2 aromatic carbocycles. The molecule has 1 aliphatic rings. The third kappa shape index (κ3) is 3.30. The van der Waals surface area contributed by atoms with E-state index in [1.54, 1.807) is 0 Å². The quantitative estimate of drug-likeness (QED) is 0.856. The SMILES string of the molecule is Cc1cccc(N2CCN(S(=O)(=O)c3ccc(F)cc3)CC2C)c1. The predicted molar refractivity (Wildman–Crippen MR) is 93.1 cm³/mol. The van der Waals surface area contributed by atoms with E-state index in [0.717, 1.165) is 5.69 Å². The Bertz CT molecular complexity index is 821. The van der Waals surface area contributed by atoms with Crippen LogP contribution in [0.15, 0.2) is 53.4 Å². The van der Waals surface area contributed by atoms with Gasteiger partial charge in [-0.3, -0.25) is 0 Å². The van der Waals surface area contributed by atoms with Gasteiger partial charge in [-0.1, -0.05) is 12.1 Å². The van der Waals surface area contributed by atoms with Gasteiger partial charge in [0.1, 0.15) is 5.82 Å². The minimum absolute atomic E-state index is 0.0655. The standard InChI is InChI=1S/C18H21FN2O2S/c1-14-4-3-5-17(12-14)21-11-10-20(13-15(21)2)24(22,23)18-8-6-16(19)7-9-18/h3-9,12,15H,10-11,13H2,1-2H3. The van der Waals surface area contributed by atoms with Crippen LogP contribution in [0.5, 0.6) is 0 Å². The number of aryl methyl sites for hydroxylation is 1. The van der Waals surface area contributed by atoms with Crippen LogP contribution in [-0.4, -0.2) is 38.4 Å². The van der Waals surface area contributed by atoms with Crippen molar-refractivity contribution in [2.24, 2.45) is 0 Å². The maximum atomic E-state index is 13.0. The Morgan fingerprint density at radius 3 is 2.42 bits per heavy atom. The highest BCUT2D eigenvalue weighted by molar-refractivity contribution is 7.89. The molecular formula is C18H21FN2O2S. The van der Waals surface area contributed by atoms with Crippen molar-refractivity contribution in [3.8, 4) is 0 Å². The van der Waals surface area contributed by atoms with E-state index in [0.29, 0.717) is 19.6 Å². The van der Waals surface area contributed by atoms with E-state index in [2.05, 4.69) is 11.0 Å². The molecular weight excluding hydrogens is 327 g/mol. The number of rotatable bonds is 3. The molecule has 0 bridgehead atoms. The zero-order chi connectivity index (χ0) is 17.3. The lowest BCUT2D eigenvalue weighted by Gasteiger charge is -2.40. The summed E-state index contributed by atoms with van der Waals surface area (Å²) in [6, 6.07) is 13.3. The molecule has 1 heterocycles. The van der Waals surface area contributed by atoms with E-state index < -0.39 is 15.8 Å². The van der Waals surface area contributed by atoms with E-state index in [1.165, 1.54) is 34.1 Å². The molecule has 0 saturated carbocycles. The minimum Gasteiger partial charge on any atom is -0.366 e. The second-order valence-corrected chi connectivity index (χ2v) is 8.14. The van der Waals surface area contributed by atoms with Crippen LogP contribution < -0.4 is 4.90 Å².